The summed E-state index contributed by atoms with van der Waals surface area (Å²) >= 11 is 12.7. The van der Waals surface area contributed by atoms with Crippen LogP contribution in [0, 0.1) is 11.3 Å². The van der Waals surface area contributed by atoms with Crippen molar-refractivity contribution in [2.75, 3.05) is 44.2 Å². The molecule has 1 aliphatic rings. The highest BCUT2D eigenvalue weighted by Crippen LogP contribution is 2.35. The molecular weight excluding hydrogens is 811 g/mol. The summed E-state index contributed by atoms with van der Waals surface area (Å²) in [7, 11) is -1.57. The second-order valence-corrected chi connectivity index (χ2v) is 16.8. The minimum Gasteiger partial charge on any atom is -0.481 e. The summed E-state index contributed by atoms with van der Waals surface area (Å²) in [6.07, 6.45) is 1.52. The van der Waals surface area contributed by atoms with Crippen LogP contribution in [0.15, 0.2) is 78.9 Å². The third-order valence-corrected chi connectivity index (χ3v) is 11.2. The number of aliphatic hydroxyl groups is 1. The number of likely N-dealkylation sites (tertiary alicyclic amines) is 1. The van der Waals surface area contributed by atoms with E-state index in [1.165, 1.54) is 6.26 Å². The highest BCUT2D eigenvalue weighted by atomic mass is 35.5. The number of likely N-dealkylation sites (N-methyl/N-ethyl adjacent to an activating group) is 1. The van der Waals surface area contributed by atoms with Crippen molar-refractivity contribution in [3.63, 3.8) is 0 Å². The monoisotopic (exact) mass is 854 g/mol. The number of hydrogen-bond acceptors (Lipinski definition) is 9. The number of carboxylic acid groups (broad SMARTS) is 3. The molecule has 1 amide bonds. The molecule has 5 N–H and O–H groups in total. The number of nitrogens with one attached hydrogen (secondary N) is 1. The summed E-state index contributed by atoms with van der Waals surface area (Å²) in [6, 6.07) is 26.6. The van der Waals surface area contributed by atoms with Gasteiger partial charge in [-0.1, -0.05) is 71.7 Å². The van der Waals surface area contributed by atoms with Gasteiger partial charge < -0.3 is 30.2 Å². The van der Waals surface area contributed by atoms with E-state index in [1.807, 2.05) is 60.7 Å². The lowest BCUT2D eigenvalue weighted by atomic mass is 9.88. The van der Waals surface area contributed by atoms with Crippen molar-refractivity contribution in [2.24, 2.45) is 0 Å². The molecule has 4 aromatic rings. The number of aliphatic carboxylic acids is 3. The number of carbonyl (C=O) groups excluding carboxylic acids is 1. The predicted octanol–water partition coefficient (Wildman–Crippen LogP) is 6.27. The van der Waals surface area contributed by atoms with Crippen LogP contribution >= 0.6 is 23.2 Å². The van der Waals surface area contributed by atoms with Crippen LogP contribution in [0.4, 0.5) is 5.69 Å². The molecule has 0 saturated carbocycles. The lowest BCUT2D eigenvalue weighted by Gasteiger charge is -2.34. The first-order valence-electron chi connectivity index (χ1n) is 18.1. The number of carboxylic acids is 3. The molecule has 0 spiro atoms. The van der Waals surface area contributed by atoms with Crippen molar-refractivity contribution in [2.45, 2.75) is 49.5 Å². The van der Waals surface area contributed by atoms with Gasteiger partial charge in [0.1, 0.15) is 0 Å². The molecule has 1 atom stereocenters. The van der Waals surface area contributed by atoms with Gasteiger partial charge in [-0.05, 0) is 97.0 Å². The van der Waals surface area contributed by atoms with Gasteiger partial charge in [-0.25, -0.2) is 13.2 Å². The summed E-state index contributed by atoms with van der Waals surface area (Å²) in [6.45, 7) is 3.06. The lowest BCUT2D eigenvalue weighted by Crippen LogP contribution is -2.42. The Bertz CT molecular complexity index is 2290. The molecule has 1 saturated heterocycles. The predicted molar refractivity (Wildman–Crippen MR) is 220 cm³/mol. The third kappa shape index (κ3) is 12.6. The maximum atomic E-state index is 13.8. The molecule has 0 aromatic heterocycles. The zero-order valence-electron chi connectivity index (χ0n) is 31.8. The van der Waals surface area contributed by atoms with E-state index < -0.39 is 46.4 Å². The summed E-state index contributed by atoms with van der Waals surface area (Å²) in [5, 5.41) is 46.0. The van der Waals surface area contributed by atoms with E-state index in [2.05, 4.69) is 15.7 Å². The zero-order valence-corrected chi connectivity index (χ0v) is 34.1. The van der Waals surface area contributed by atoms with Crippen molar-refractivity contribution in [1.82, 2.24) is 9.80 Å². The Morgan fingerprint density at radius 3 is 2.14 bits per heavy atom. The Hall–Kier alpha value is -5.24. The number of anilines is 1. The van der Waals surface area contributed by atoms with Crippen molar-refractivity contribution >= 4 is 73.5 Å². The molecule has 14 nitrogen and oxygen atoms in total. The quantitative estimate of drug-likeness (QED) is 0.0893. The Morgan fingerprint density at radius 2 is 1.55 bits per heavy atom. The number of sulfonamides is 1. The van der Waals surface area contributed by atoms with E-state index in [1.54, 1.807) is 30.1 Å². The Balaban J connectivity index is 0.000000492. The fraction of sp³-hybridized carbons (Fsp3) is 0.341. The van der Waals surface area contributed by atoms with Crippen molar-refractivity contribution < 1.29 is 48.0 Å². The van der Waals surface area contributed by atoms with E-state index in [0.717, 1.165) is 60.8 Å². The van der Waals surface area contributed by atoms with Gasteiger partial charge >= 0.3 is 17.9 Å². The number of benzene rings is 4. The molecule has 0 bridgehead atoms. The van der Waals surface area contributed by atoms with Gasteiger partial charge in [0.15, 0.2) is 5.60 Å². The normalized spacial score (nSPS) is 14.1. The molecule has 0 radical (unpaired) electrons. The number of halogens is 2. The van der Waals surface area contributed by atoms with E-state index in [0.29, 0.717) is 33.4 Å². The molecule has 5 rings (SSSR count). The Labute approximate surface area is 346 Å². The maximum Gasteiger partial charge on any atom is 0.336 e. The van der Waals surface area contributed by atoms with Crippen LogP contribution in [-0.4, -0.2) is 108 Å². The minimum absolute atomic E-state index is 0.00320. The number of amides is 1. The maximum absolute atomic E-state index is 13.8. The molecule has 308 valence electrons. The van der Waals surface area contributed by atoms with Gasteiger partial charge in [-0.3, -0.25) is 19.1 Å². The number of para-hydroxylation sites is 1. The fourth-order valence-electron chi connectivity index (χ4n) is 6.97. The number of piperidine rings is 1. The van der Waals surface area contributed by atoms with Gasteiger partial charge in [0.25, 0.3) is 5.91 Å². The van der Waals surface area contributed by atoms with Crippen molar-refractivity contribution in [3.05, 3.63) is 111 Å². The van der Waals surface area contributed by atoms with Crippen molar-refractivity contribution in [3.8, 4) is 6.07 Å². The molecule has 1 fully saturated rings. The van der Waals surface area contributed by atoms with E-state index in [4.69, 9.17) is 43.6 Å². The second-order valence-electron chi connectivity index (χ2n) is 14.3. The van der Waals surface area contributed by atoms with Crippen LogP contribution < -0.4 is 4.72 Å². The van der Waals surface area contributed by atoms with Crippen LogP contribution in [0.5, 0.6) is 0 Å². The van der Waals surface area contributed by atoms with Crippen LogP contribution in [0.25, 0.3) is 10.8 Å². The first-order chi connectivity index (χ1) is 27.3. The minimum atomic E-state index is -3.37. The summed E-state index contributed by atoms with van der Waals surface area (Å²) < 4.78 is 26.5. The number of nitriles is 1. The summed E-state index contributed by atoms with van der Waals surface area (Å²) in [4.78, 5) is 48.5. The molecule has 1 unspecified atom stereocenters. The van der Waals surface area contributed by atoms with Gasteiger partial charge in [-0.15, -0.1) is 0 Å². The Morgan fingerprint density at radius 1 is 0.931 bits per heavy atom. The standard InChI is InChI=1S/C35H36Cl2N4O3S.C6H8O7/c1-40(35(42)31-20-24(22-38)19-27-7-3-4-8-29(27)31)23-28(26-11-12-32(36)33(37)21-26)15-18-41-16-13-25(14-17-41)30-9-5-6-10-34(30)39-45(2,43)44;7-3(8)1-6(13,5(11)12)2-4(9)10/h3-12,19-21,25,28,39H,13-18,23H2,1-2H3;13H,1-2H2,(H,7,8)(H,9,10)(H,11,12). The highest BCUT2D eigenvalue weighted by Gasteiger charge is 2.40. The molecule has 0 aliphatic carbocycles. The molecule has 4 aromatic carbocycles. The van der Waals surface area contributed by atoms with Crippen LogP contribution in [0.2, 0.25) is 10.0 Å². The summed E-state index contributed by atoms with van der Waals surface area (Å²) in [5.41, 5.74) is 0.911. The smallest absolute Gasteiger partial charge is 0.336 e. The van der Waals surface area contributed by atoms with Gasteiger partial charge in [-0.2, -0.15) is 5.26 Å². The highest BCUT2D eigenvalue weighted by molar-refractivity contribution is 7.92. The van der Waals surface area contributed by atoms with Crippen molar-refractivity contribution in [1.29, 1.82) is 5.26 Å². The molecule has 17 heteroatoms. The lowest BCUT2D eigenvalue weighted by molar-refractivity contribution is -0.170. The fourth-order valence-corrected chi connectivity index (χ4v) is 7.86. The van der Waals surface area contributed by atoms with Crippen LogP contribution in [0.1, 0.15) is 71.0 Å². The first kappa shape index (κ1) is 45.5. The van der Waals surface area contributed by atoms with Gasteiger partial charge in [0, 0.05) is 25.1 Å². The summed E-state index contributed by atoms with van der Waals surface area (Å²) in [5.74, 6) is -4.90. The van der Waals surface area contributed by atoms with E-state index in [9.17, 15) is 32.9 Å². The third-order valence-electron chi connectivity index (χ3n) is 9.84. The zero-order chi connectivity index (χ0) is 42.8. The number of nitrogens with zero attached hydrogens (tertiary/aromatic N) is 3. The SMILES string of the molecule is CN(CC(CCN1CCC(c2ccccc2NS(C)(=O)=O)CC1)c1ccc(Cl)c(Cl)c1)C(=O)c1cc(C#N)cc2ccccc12.O=C(O)CC(O)(CC(=O)O)C(=O)O. The number of carbonyl (C=O) groups is 4. The number of hydrogen-bond donors (Lipinski definition) is 5. The number of rotatable bonds is 15. The molecular formula is C41H44Cl2N4O10S. The first-order valence-corrected chi connectivity index (χ1v) is 20.8. The molecule has 1 aliphatic heterocycles. The number of fused-ring (bicyclic) bond motifs is 1. The largest absolute Gasteiger partial charge is 0.481 e. The second kappa shape index (κ2) is 20.0. The van der Waals surface area contributed by atoms with Crippen LogP contribution in [-0.2, 0) is 24.4 Å². The van der Waals surface area contributed by atoms with Gasteiger partial charge in [0.2, 0.25) is 10.0 Å². The molecule has 1 heterocycles. The topological polar surface area (TPSA) is 226 Å². The average Bonchev–Trinajstić information content (AvgIpc) is 3.16. The van der Waals surface area contributed by atoms with Crippen LogP contribution in [0.3, 0.4) is 0 Å². The van der Waals surface area contributed by atoms with E-state index >= 15 is 0 Å². The average molecular weight is 856 g/mol. The Kier molecular flexibility index (Phi) is 15.6. The van der Waals surface area contributed by atoms with E-state index in [-0.39, 0.29) is 17.7 Å². The van der Waals surface area contributed by atoms with Gasteiger partial charge in [0.05, 0.1) is 46.5 Å². The molecule has 58 heavy (non-hydrogen) atoms.